The summed E-state index contributed by atoms with van der Waals surface area (Å²) in [5, 5.41) is 6.67. The van der Waals surface area contributed by atoms with Crippen LogP contribution in [0.15, 0.2) is 24.5 Å². The summed E-state index contributed by atoms with van der Waals surface area (Å²) in [7, 11) is 2.11. The number of hydrogen-bond acceptors (Lipinski definition) is 4. The van der Waals surface area contributed by atoms with Crippen LogP contribution < -0.4 is 10.6 Å². The average Bonchev–Trinajstić information content (AvgIpc) is 2.80. The van der Waals surface area contributed by atoms with Crippen molar-refractivity contribution in [2.75, 3.05) is 39.8 Å². The van der Waals surface area contributed by atoms with Crippen LogP contribution in [0, 0.1) is 28.6 Å². The van der Waals surface area contributed by atoms with Crippen molar-refractivity contribution in [2.24, 2.45) is 28.6 Å². The summed E-state index contributed by atoms with van der Waals surface area (Å²) in [4.78, 5) is 34.3. The maximum Gasteiger partial charge on any atom is 0.317 e. The highest BCUT2D eigenvalue weighted by atomic mass is 16.2. The highest BCUT2D eigenvalue weighted by Crippen LogP contribution is 2.61. The van der Waals surface area contributed by atoms with Gasteiger partial charge in [-0.3, -0.25) is 9.78 Å². The van der Waals surface area contributed by atoms with Crippen LogP contribution in [0.3, 0.4) is 0 Å². The zero-order chi connectivity index (χ0) is 24.5. The number of aromatic nitrogens is 1. The van der Waals surface area contributed by atoms with E-state index < -0.39 is 0 Å². The van der Waals surface area contributed by atoms with E-state index in [4.69, 9.17) is 0 Å². The van der Waals surface area contributed by atoms with E-state index in [0.29, 0.717) is 23.9 Å². The molecule has 3 fully saturated rings. The second-order valence-corrected chi connectivity index (χ2v) is 11.9. The number of amides is 3. The van der Waals surface area contributed by atoms with E-state index in [-0.39, 0.29) is 34.7 Å². The molecule has 188 valence electrons. The lowest BCUT2D eigenvalue weighted by Gasteiger charge is -2.61. The van der Waals surface area contributed by atoms with E-state index in [1.807, 2.05) is 4.90 Å². The lowest BCUT2D eigenvalue weighted by atomic mass is 9.45. The van der Waals surface area contributed by atoms with Crippen molar-refractivity contribution in [3.05, 3.63) is 30.1 Å². The molecular weight excluding hydrogens is 426 g/mol. The fourth-order valence-electron chi connectivity index (χ4n) is 7.22. The SMILES string of the molecule is C[C@@H]1[C@H](NC(=O)N2CCN(C)CC2)CC2C(C)(C)CCC[C@]2(C)[C@H]1CNC(=O)c1ccncc1. The van der Waals surface area contributed by atoms with Crippen LogP contribution in [0.4, 0.5) is 4.79 Å². The van der Waals surface area contributed by atoms with Crippen molar-refractivity contribution in [1.82, 2.24) is 25.4 Å². The van der Waals surface area contributed by atoms with E-state index in [1.165, 1.54) is 19.3 Å². The minimum absolute atomic E-state index is 0.0478. The molecule has 2 saturated carbocycles. The second kappa shape index (κ2) is 9.84. The van der Waals surface area contributed by atoms with E-state index in [2.05, 4.69) is 55.3 Å². The first-order valence-corrected chi connectivity index (χ1v) is 13.0. The Labute approximate surface area is 205 Å². The van der Waals surface area contributed by atoms with Gasteiger partial charge in [0.1, 0.15) is 0 Å². The normalized spacial score (nSPS) is 33.6. The van der Waals surface area contributed by atoms with Gasteiger partial charge in [-0.05, 0) is 67.0 Å². The van der Waals surface area contributed by atoms with Crippen LogP contribution in [-0.4, -0.2) is 72.5 Å². The Balaban J connectivity index is 1.52. The molecule has 1 unspecified atom stereocenters. The molecule has 2 N–H and O–H groups in total. The Morgan fingerprint density at radius 1 is 1.09 bits per heavy atom. The van der Waals surface area contributed by atoms with Gasteiger partial charge in [-0.2, -0.15) is 0 Å². The second-order valence-electron chi connectivity index (χ2n) is 11.9. The number of rotatable bonds is 4. The number of carbonyl (C=O) groups excluding carboxylic acids is 2. The largest absolute Gasteiger partial charge is 0.352 e. The third kappa shape index (κ3) is 4.95. The third-order valence-electron chi connectivity index (χ3n) is 9.41. The van der Waals surface area contributed by atoms with E-state index >= 15 is 0 Å². The maximum atomic E-state index is 13.2. The van der Waals surface area contributed by atoms with E-state index in [1.54, 1.807) is 24.5 Å². The Morgan fingerprint density at radius 3 is 2.44 bits per heavy atom. The van der Waals surface area contributed by atoms with Gasteiger partial charge in [-0.25, -0.2) is 4.79 Å². The monoisotopic (exact) mass is 469 g/mol. The number of nitrogens with zero attached hydrogens (tertiary/aromatic N) is 3. The molecule has 0 radical (unpaired) electrons. The van der Waals surface area contributed by atoms with Crippen LogP contribution >= 0.6 is 0 Å². The van der Waals surface area contributed by atoms with E-state index in [9.17, 15) is 9.59 Å². The number of hydrogen-bond donors (Lipinski definition) is 2. The fourth-order valence-corrected chi connectivity index (χ4v) is 7.22. The average molecular weight is 470 g/mol. The van der Waals surface area contributed by atoms with Crippen LogP contribution in [-0.2, 0) is 0 Å². The topological polar surface area (TPSA) is 77.6 Å². The predicted octanol–water partition coefficient (Wildman–Crippen LogP) is 3.63. The van der Waals surface area contributed by atoms with Gasteiger partial charge >= 0.3 is 6.03 Å². The molecule has 5 atom stereocenters. The number of nitrogens with one attached hydrogen (secondary N) is 2. The minimum atomic E-state index is -0.0478. The van der Waals surface area contributed by atoms with Gasteiger partial charge in [0.05, 0.1) is 0 Å². The van der Waals surface area contributed by atoms with Crippen molar-refractivity contribution in [1.29, 1.82) is 0 Å². The molecule has 1 aromatic rings. The summed E-state index contributed by atoms with van der Waals surface area (Å²) in [5.41, 5.74) is 1.00. The van der Waals surface area contributed by atoms with Gasteiger partial charge in [0.15, 0.2) is 0 Å². The van der Waals surface area contributed by atoms with Gasteiger partial charge < -0.3 is 20.4 Å². The Morgan fingerprint density at radius 2 is 1.76 bits per heavy atom. The number of fused-ring (bicyclic) bond motifs is 1. The summed E-state index contributed by atoms with van der Waals surface area (Å²) in [6, 6.07) is 3.70. The van der Waals surface area contributed by atoms with Gasteiger partial charge in [0, 0.05) is 56.7 Å². The zero-order valence-corrected chi connectivity index (χ0v) is 21.6. The summed E-state index contributed by atoms with van der Waals surface area (Å²) in [6.07, 6.45) is 7.95. The molecule has 2 aliphatic carbocycles. The molecule has 3 amide bonds. The molecular formula is C27H43N5O2. The Kier molecular flexibility index (Phi) is 7.22. The molecule has 0 aromatic carbocycles. The molecule has 3 aliphatic rings. The highest BCUT2D eigenvalue weighted by molar-refractivity contribution is 5.93. The van der Waals surface area contributed by atoms with E-state index in [0.717, 1.165) is 32.6 Å². The number of piperazine rings is 1. The van der Waals surface area contributed by atoms with Crippen molar-refractivity contribution in [3.8, 4) is 0 Å². The van der Waals surface area contributed by atoms with Gasteiger partial charge in [0.25, 0.3) is 5.91 Å². The first-order valence-electron chi connectivity index (χ1n) is 13.0. The first kappa shape index (κ1) is 25.0. The molecule has 34 heavy (non-hydrogen) atoms. The summed E-state index contributed by atoms with van der Waals surface area (Å²) >= 11 is 0. The lowest BCUT2D eigenvalue weighted by molar-refractivity contribution is -0.102. The molecule has 2 heterocycles. The molecule has 1 aliphatic heterocycles. The fraction of sp³-hybridized carbons (Fsp3) is 0.741. The molecule has 7 heteroatoms. The highest BCUT2D eigenvalue weighted by Gasteiger charge is 2.56. The van der Waals surface area contributed by atoms with Crippen molar-refractivity contribution < 1.29 is 9.59 Å². The minimum Gasteiger partial charge on any atom is -0.352 e. The van der Waals surface area contributed by atoms with Crippen LogP contribution in [0.25, 0.3) is 0 Å². The molecule has 7 nitrogen and oxygen atoms in total. The number of carbonyl (C=O) groups is 2. The molecule has 4 rings (SSSR count). The van der Waals surface area contributed by atoms with Gasteiger partial charge in [0.2, 0.25) is 0 Å². The summed E-state index contributed by atoms with van der Waals surface area (Å²) in [6.45, 7) is 13.6. The smallest absolute Gasteiger partial charge is 0.317 e. The molecule has 1 aromatic heterocycles. The third-order valence-corrected chi connectivity index (χ3v) is 9.41. The standard InChI is InChI=1S/C27H43N5O2/c1-19-21(18-29-24(33)20-7-11-28-12-8-20)27(4)10-6-9-26(2,3)23(27)17-22(19)30-25(34)32-15-13-31(5)14-16-32/h7-8,11-12,19,21-23H,6,9-10,13-18H2,1-5H3,(H,29,33)(H,30,34)/t19-,21-,22+,23?,27+/m0/s1. The summed E-state index contributed by atoms with van der Waals surface area (Å²) < 4.78 is 0. The quantitative estimate of drug-likeness (QED) is 0.706. The zero-order valence-electron chi connectivity index (χ0n) is 21.6. The molecule has 0 bridgehead atoms. The van der Waals surface area contributed by atoms with Gasteiger partial charge in [-0.1, -0.05) is 34.1 Å². The van der Waals surface area contributed by atoms with Crippen LogP contribution in [0.1, 0.15) is 63.7 Å². The van der Waals surface area contributed by atoms with Crippen molar-refractivity contribution in [3.63, 3.8) is 0 Å². The number of pyridine rings is 1. The molecule has 0 spiro atoms. The number of likely N-dealkylation sites (N-methyl/N-ethyl adjacent to an activating group) is 1. The summed E-state index contributed by atoms with van der Waals surface area (Å²) in [5.74, 6) is 1.04. The first-order chi connectivity index (χ1) is 16.1. The predicted molar refractivity (Wildman–Crippen MR) is 134 cm³/mol. The van der Waals surface area contributed by atoms with Gasteiger partial charge in [-0.15, -0.1) is 0 Å². The lowest BCUT2D eigenvalue weighted by Crippen LogP contribution is -2.62. The van der Waals surface area contributed by atoms with Crippen molar-refractivity contribution in [2.45, 2.75) is 59.4 Å². The number of urea groups is 1. The maximum absolute atomic E-state index is 13.2. The Bertz CT molecular complexity index is 867. The van der Waals surface area contributed by atoms with Crippen LogP contribution in [0.5, 0.6) is 0 Å². The molecule has 1 saturated heterocycles. The Hall–Kier alpha value is -2.15. The van der Waals surface area contributed by atoms with Crippen LogP contribution in [0.2, 0.25) is 0 Å². The van der Waals surface area contributed by atoms with Crippen molar-refractivity contribution >= 4 is 11.9 Å².